The summed E-state index contributed by atoms with van der Waals surface area (Å²) >= 11 is 7.50. The third kappa shape index (κ3) is 3.22. The molecule has 1 N–H and O–H groups in total. The Labute approximate surface area is 104 Å². The molecular weight excluding hydrogens is 240 g/mol. The second-order valence-corrected chi connectivity index (χ2v) is 4.96. The number of halogens is 1. The summed E-state index contributed by atoms with van der Waals surface area (Å²) in [5, 5.41) is 8.28. The van der Waals surface area contributed by atoms with Gasteiger partial charge in [-0.25, -0.2) is 4.98 Å². The zero-order valence-corrected chi connectivity index (χ0v) is 10.6. The van der Waals surface area contributed by atoms with Gasteiger partial charge in [0.25, 0.3) is 0 Å². The van der Waals surface area contributed by atoms with Crippen LogP contribution in [0.15, 0.2) is 35.2 Å². The number of hydrogen-bond acceptors (Lipinski definition) is 3. The lowest BCUT2D eigenvalue weighted by Gasteiger charge is -2.13. The van der Waals surface area contributed by atoms with Crippen molar-refractivity contribution in [1.82, 2.24) is 4.98 Å². The molecule has 0 aliphatic rings. The predicted molar refractivity (Wildman–Crippen MR) is 70.4 cm³/mol. The van der Waals surface area contributed by atoms with Crippen molar-refractivity contribution in [1.29, 1.82) is 0 Å². The highest BCUT2D eigenvalue weighted by molar-refractivity contribution is 7.07. The zero-order valence-electron chi connectivity index (χ0n) is 8.98. The van der Waals surface area contributed by atoms with Gasteiger partial charge in [-0.1, -0.05) is 11.6 Å². The van der Waals surface area contributed by atoms with Crippen LogP contribution in [0.1, 0.15) is 12.5 Å². The van der Waals surface area contributed by atoms with Crippen LogP contribution in [0.5, 0.6) is 0 Å². The molecule has 0 aliphatic heterocycles. The largest absolute Gasteiger partial charge is 0.367 e. The van der Waals surface area contributed by atoms with Crippen molar-refractivity contribution in [3.05, 3.63) is 45.7 Å². The Morgan fingerprint density at radius 1 is 1.44 bits per heavy atom. The van der Waals surface area contributed by atoms with Gasteiger partial charge in [-0.2, -0.15) is 11.3 Å². The molecule has 1 unspecified atom stereocenters. The molecule has 2 heterocycles. The number of nitrogens with zero attached hydrogens (tertiary/aromatic N) is 1. The minimum absolute atomic E-state index is 0.364. The van der Waals surface area contributed by atoms with E-state index in [-0.39, 0.29) is 0 Å². The number of aromatic nitrogens is 1. The smallest absolute Gasteiger partial charge is 0.126 e. The van der Waals surface area contributed by atoms with Crippen molar-refractivity contribution in [2.75, 3.05) is 5.32 Å². The summed E-state index contributed by atoms with van der Waals surface area (Å²) in [6.45, 7) is 2.15. The molecule has 4 heteroatoms. The van der Waals surface area contributed by atoms with E-state index >= 15 is 0 Å². The van der Waals surface area contributed by atoms with Gasteiger partial charge in [0, 0.05) is 12.2 Å². The Kier molecular flexibility index (Phi) is 3.80. The van der Waals surface area contributed by atoms with Crippen LogP contribution in [-0.4, -0.2) is 11.0 Å². The maximum atomic E-state index is 5.77. The molecule has 2 nitrogen and oxygen atoms in total. The Hall–Kier alpha value is -1.06. The molecule has 0 aromatic carbocycles. The summed E-state index contributed by atoms with van der Waals surface area (Å²) < 4.78 is 0. The first-order valence-corrected chi connectivity index (χ1v) is 6.45. The summed E-state index contributed by atoms with van der Waals surface area (Å²) in [4.78, 5) is 4.21. The molecule has 0 amide bonds. The molecule has 2 aromatic rings. The Morgan fingerprint density at radius 3 is 2.94 bits per heavy atom. The van der Waals surface area contributed by atoms with Gasteiger partial charge in [0.1, 0.15) is 5.82 Å². The van der Waals surface area contributed by atoms with Crippen molar-refractivity contribution in [3.63, 3.8) is 0 Å². The fraction of sp³-hybridized carbons (Fsp3) is 0.250. The molecule has 0 aliphatic carbocycles. The van der Waals surface area contributed by atoms with E-state index in [1.807, 2.05) is 12.1 Å². The number of hydrogen-bond donors (Lipinski definition) is 1. The summed E-state index contributed by atoms with van der Waals surface area (Å²) in [5.41, 5.74) is 1.36. The van der Waals surface area contributed by atoms with Crippen LogP contribution >= 0.6 is 22.9 Å². The van der Waals surface area contributed by atoms with Crippen LogP contribution < -0.4 is 5.32 Å². The molecule has 0 bridgehead atoms. The first-order chi connectivity index (χ1) is 7.74. The van der Waals surface area contributed by atoms with Crippen LogP contribution in [0.25, 0.3) is 0 Å². The second-order valence-electron chi connectivity index (χ2n) is 3.74. The van der Waals surface area contributed by atoms with Crippen LogP contribution in [0, 0.1) is 0 Å². The third-order valence-electron chi connectivity index (χ3n) is 2.24. The van der Waals surface area contributed by atoms with Crippen LogP contribution in [0.3, 0.4) is 0 Å². The molecule has 16 heavy (non-hydrogen) atoms. The fourth-order valence-corrected chi connectivity index (χ4v) is 2.32. The van der Waals surface area contributed by atoms with Gasteiger partial charge in [0.05, 0.1) is 5.02 Å². The molecule has 84 valence electrons. The zero-order chi connectivity index (χ0) is 11.4. The van der Waals surface area contributed by atoms with Gasteiger partial charge >= 0.3 is 0 Å². The van der Waals surface area contributed by atoms with Gasteiger partial charge < -0.3 is 5.32 Å². The van der Waals surface area contributed by atoms with Gasteiger partial charge in [-0.3, -0.25) is 0 Å². The minimum Gasteiger partial charge on any atom is -0.367 e. The molecule has 0 radical (unpaired) electrons. The number of nitrogens with one attached hydrogen (secondary N) is 1. The lowest BCUT2D eigenvalue weighted by atomic mass is 10.1. The van der Waals surface area contributed by atoms with Gasteiger partial charge in [0.15, 0.2) is 0 Å². The lowest BCUT2D eigenvalue weighted by molar-refractivity contribution is 0.787. The van der Waals surface area contributed by atoms with Crippen molar-refractivity contribution < 1.29 is 0 Å². The maximum absolute atomic E-state index is 5.77. The number of pyridine rings is 1. The van der Waals surface area contributed by atoms with Crippen molar-refractivity contribution in [3.8, 4) is 0 Å². The van der Waals surface area contributed by atoms with Crippen LogP contribution in [0.4, 0.5) is 5.82 Å². The first-order valence-electron chi connectivity index (χ1n) is 5.13. The summed E-state index contributed by atoms with van der Waals surface area (Å²) in [5.74, 6) is 0.868. The number of rotatable bonds is 4. The predicted octanol–water partition coefficient (Wildman–Crippen LogP) is 3.84. The summed E-state index contributed by atoms with van der Waals surface area (Å²) in [6.07, 6.45) is 2.66. The van der Waals surface area contributed by atoms with E-state index in [1.165, 1.54) is 5.56 Å². The topological polar surface area (TPSA) is 24.9 Å². The monoisotopic (exact) mass is 252 g/mol. The average Bonchev–Trinajstić information content (AvgIpc) is 2.74. The van der Waals surface area contributed by atoms with E-state index in [9.17, 15) is 0 Å². The normalized spacial score (nSPS) is 12.4. The van der Waals surface area contributed by atoms with E-state index < -0.39 is 0 Å². The first kappa shape index (κ1) is 11.4. The molecule has 1 atom stereocenters. The van der Waals surface area contributed by atoms with Gasteiger partial charge in [-0.05, 0) is 47.9 Å². The van der Waals surface area contributed by atoms with E-state index in [1.54, 1.807) is 17.5 Å². The van der Waals surface area contributed by atoms with Gasteiger partial charge in [-0.15, -0.1) is 0 Å². The SMILES string of the molecule is CC(Cc1ccsc1)Nc1ccc(Cl)cn1. The van der Waals surface area contributed by atoms with E-state index in [4.69, 9.17) is 11.6 Å². The van der Waals surface area contributed by atoms with Crippen molar-refractivity contribution in [2.45, 2.75) is 19.4 Å². The maximum Gasteiger partial charge on any atom is 0.126 e. The highest BCUT2D eigenvalue weighted by Gasteiger charge is 2.04. The molecule has 0 saturated carbocycles. The van der Waals surface area contributed by atoms with E-state index in [0.29, 0.717) is 11.1 Å². The minimum atomic E-state index is 0.364. The molecule has 0 fully saturated rings. The average molecular weight is 253 g/mol. The van der Waals surface area contributed by atoms with Crippen molar-refractivity contribution in [2.24, 2.45) is 0 Å². The standard InChI is InChI=1S/C12H13ClN2S/c1-9(6-10-4-5-16-8-10)15-12-3-2-11(13)7-14-12/h2-5,7-9H,6H2,1H3,(H,14,15). The lowest BCUT2D eigenvalue weighted by Crippen LogP contribution is -2.18. The number of anilines is 1. The Balaban J connectivity index is 1.92. The Morgan fingerprint density at radius 2 is 2.31 bits per heavy atom. The molecule has 2 rings (SSSR count). The fourth-order valence-electron chi connectivity index (χ4n) is 1.53. The molecular formula is C12H13ClN2S. The third-order valence-corrected chi connectivity index (χ3v) is 3.20. The molecule has 0 spiro atoms. The summed E-state index contributed by atoms with van der Waals surface area (Å²) in [6, 6.07) is 6.25. The highest BCUT2D eigenvalue weighted by Crippen LogP contribution is 2.13. The van der Waals surface area contributed by atoms with E-state index in [2.05, 4.69) is 34.1 Å². The molecule has 2 aromatic heterocycles. The van der Waals surface area contributed by atoms with Crippen LogP contribution in [0.2, 0.25) is 5.02 Å². The van der Waals surface area contributed by atoms with Crippen molar-refractivity contribution >= 4 is 28.8 Å². The number of thiophene rings is 1. The second kappa shape index (κ2) is 5.32. The molecule has 0 saturated heterocycles. The highest BCUT2D eigenvalue weighted by atomic mass is 35.5. The quantitative estimate of drug-likeness (QED) is 0.894. The summed E-state index contributed by atoms with van der Waals surface area (Å²) in [7, 11) is 0. The van der Waals surface area contributed by atoms with E-state index in [0.717, 1.165) is 12.2 Å². The van der Waals surface area contributed by atoms with Gasteiger partial charge in [0.2, 0.25) is 0 Å². The Bertz CT molecular complexity index is 425. The van der Waals surface area contributed by atoms with Crippen LogP contribution in [-0.2, 0) is 6.42 Å².